The quantitative estimate of drug-likeness (QED) is 0.366. The molecule has 0 aliphatic heterocycles. The molecule has 0 radical (unpaired) electrons. The first-order valence-electron chi connectivity index (χ1n) is 10.3. The summed E-state index contributed by atoms with van der Waals surface area (Å²) >= 11 is 0. The van der Waals surface area contributed by atoms with Gasteiger partial charge in [-0.3, -0.25) is 4.79 Å². The number of benzene rings is 2. The van der Waals surface area contributed by atoms with E-state index in [-0.39, 0.29) is 19.6 Å². The van der Waals surface area contributed by atoms with E-state index in [0.29, 0.717) is 12.8 Å². The highest BCUT2D eigenvalue weighted by Crippen LogP contribution is 2.38. The maximum absolute atomic E-state index is 12.4. The molecule has 0 fully saturated rings. The summed E-state index contributed by atoms with van der Waals surface area (Å²) in [4.78, 5) is 12.4. The van der Waals surface area contributed by atoms with Crippen LogP contribution in [0.4, 0.5) is 0 Å². The van der Waals surface area contributed by atoms with Crippen LogP contribution < -0.4 is 9.47 Å². The first-order chi connectivity index (χ1) is 14.7. The average molecular weight is 431 g/mol. The average Bonchev–Trinajstić information content (AvgIpc) is 2.74. The van der Waals surface area contributed by atoms with Gasteiger partial charge in [0.15, 0.2) is 13.6 Å². The van der Waals surface area contributed by atoms with Crippen molar-refractivity contribution in [3.8, 4) is 11.5 Å². The summed E-state index contributed by atoms with van der Waals surface area (Å²) in [5.74, 6) is 1.24. The van der Waals surface area contributed by atoms with Crippen molar-refractivity contribution in [1.82, 2.24) is 0 Å². The molecule has 0 aliphatic rings. The van der Waals surface area contributed by atoms with Gasteiger partial charge in [-0.1, -0.05) is 31.2 Å². The molecule has 0 saturated carbocycles. The molecule has 0 aromatic heterocycles. The molecular formula is C25H34O6. The lowest BCUT2D eigenvalue weighted by Crippen LogP contribution is -2.28. The van der Waals surface area contributed by atoms with Crippen molar-refractivity contribution in [1.29, 1.82) is 0 Å². The minimum Gasteiger partial charge on any atom is -0.468 e. The van der Waals surface area contributed by atoms with Crippen molar-refractivity contribution in [2.75, 3.05) is 27.8 Å². The fourth-order valence-electron chi connectivity index (χ4n) is 3.29. The Balaban J connectivity index is 2.28. The summed E-state index contributed by atoms with van der Waals surface area (Å²) in [5, 5.41) is 0. The van der Waals surface area contributed by atoms with E-state index in [1.54, 1.807) is 14.2 Å². The third kappa shape index (κ3) is 7.56. The lowest BCUT2D eigenvalue weighted by molar-refractivity contribution is -0.155. The summed E-state index contributed by atoms with van der Waals surface area (Å²) < 4.78 is 26.5. The van der Waals surface area contributed by atoms with E-state index in [0.717, 1.165) is 22.6 Å². The predicted molar refractivity (Wildman–Crippen MR) is 119 cm³/mol. The summed E-state index contributed by atoms with van der Waals surface area (Å²) in [6.07, 6.45) is 0.899. The Hall–Kier alpha value is -2.57. The van der Waals surface area contributed by atoms with Gasteiger partial charge in [-0.2, -0.15) is 0 Å². The van der Waals surface area contributed by atoms with Crippen LogP contribution in [0.3, 0.4) is 0 Å². The van der Waals surface area contributed by atoms with Crippen LogP contribution in [0, 0.1) is 0 Å². The summed E-state index contributed by atoms with van der Waals surface area (Å²) in [7, 11) is 3.17. The smallest absolute Gasteiger partial charge is 0.306 e. The van der Waals surface area contributed by atoms with Gasteiger partial charge >= 0.3 is 5.97 Å². The number of methoxy groups -OCH3 is 2. The topological polar surface area (TPSA) is 63.2 Å². The molecular weight excluding hydrogens is 396 g/mol. The van der Waals surface area contributed by atoms with Crippen molar-refractivity contribution in [2.24, 2.45) is 0 Å². The molecule has 6 nitrogen and oxygen atoms in total. The zero-order valence-electron chi connectivity index (χ0n) is 19.4. The fourth-order valence-corrected chi connectivity index (χ4v) is 3.29. The third-order valence-electron chi connectivity index (χ3n) is 4.92. The van der Waals surface area contributed by atoms with E-state index >= 15 is 0 Å². The number of hydrogen-bond donors (Lipinski definition) is 0. The van der Waals surface area contributed by atoms with E-state index < -0.39 is 11.0 Å². The molecule has 0 saturated heterocycles. The zero-order chi connectivity index (χ0) is 22.9. The Morgan fingerprint density at radius 2 is 1.16 bits per heavy atom. The van der Waals surface area contributed by atoms with E-state index in [4.69, 9.17) is 23.7 Å². The van der Waals surface area contributed by atoms with Crippen molar-refractivity contribution in [3.05, 3.63) is 59.7 Å². The number of esters is 1. The van der Waals surface area contributed by atoms with E-state index in [1.165, 1.54) is 0 Å². The van der Waals surface area contributed by atoms with Gasteiger partial charge in [-0.15, -0.1) is 0 Å². The highest BCUT2D eigenvalue weighted by atomic mass is 16.7. The van der Waals surface area contributed by atoms with Crippen LogP contribution in [0.2, 0.25) is 0 Å². The lowest BCUT2D eigenvalue weighted by atomic mass is 9.73. The number of rotatable bonds is 11. The normalized spacial score (nSPS) is 11.8. The molecule has 0 heterocycles. The second-order valence-corrected chi connectivity index (χ2v) is 8.57. The van der Waals surface area contributed by atoms with E-state index in [9.17, 15) is 4.79 Å². The number of carbonyl (C=O) groups is 1. The van der Waals surface area contributed by atoms with Gasteiger partial charge in [0.05, 0.1) is 0 Å². The molecule has 0 aliphatic carbocycles. The molecule has 0 spiro atoms. The molecule has 2 aromatic rings. The molecule has 2 aromatic carbocycles. The minimum absolute atomic E-state index is 0.193. The minimum atomic E-state index is -0.506. The van der Waals surface area contributed by atoms with Gasteiger partial charge in [0.2, 0.25) is 0 Å². The van der Waals surface area contributed by atoms with Crippen LogP contribution in [0.15, 0.2) is 48.5 Å². The molecule has 0 bridgehead atoms. The Labute approximate surface area is 185 Å². The van der Waals surface area contributed by atoms with Gasteiger partial charge in [0.1, 0.15) is 17.1 Å². The molecule has 2 rings (SSSR count). The van der Waals surface area contributed by atoms with E-state index in [2.05, 4.69) is 6.92 Å². The Kier molecular flexibility index (Phi) is 8.89. The van der Waals surface area contributed by atoms with Crippen LogP contribution in [0.25, 0.3) is 0 Å². The van der Waals surface area contributed by atoms with Crippen LogP contribution in [0.1, 0.15) is 51.7 Å². The fraction of sp³-hybridized carbons (Fsp3) is 0.480. The molecule has 0 unspecified atom stereocenters. The van der Waals surface area contributed by atoms with Crippen molar-refractivity contribution in [2.45, 2.75) is 51.6 Å². The highest BCUT2D eigenvalue weighted by Gasteiger charge is 2.31. The van der Waals surface area contributed by atoms with Gasteiger partial charge in [0.25, 0.3) is 0 Å². The predicted octanol–water partition coefficient (Wildman–Crippen LogP) is 5.08. The Bertz CT molecular complexity index is 754. The van der Waals surface area contributed by atoms with Crippen molar-refractivity contribution in [3.63, 3.8) is 0 Å². The van der Waals surface area contributed by atoms with Gasteiger partial charge < -0.3 is 23.7 Å². The maximum atomic E-state index is 12.4. The van der Waals surface area contributed by atoms with E-state index in [1.807, 2.05) is 69.3 Å². The SMILES string of the molecule is COCOc1ccc(C(C)(CCC(=O)OC(C)(C)C)c2ccc(OCOC)cc2)cc1. The standard InChI is InChI=1S/C25H34O6/c1-24(2,3)31-23(26)15-16-25(4,19-7-11-21(12-8-19)29-17-27-5)20-9-13-22(14-10-20)30-18-28-6/h7-14H,15-18H2,1-6H3. The summed E-state index contributed by atoms with van der Waals surface area (Å²) in [6, 6.07) is 15.7. The highest BCUT2D eigenvalue weighted by molar-refractivity contribution is 5.70. The summed E-state index contributed by atoms with van der Waals surface area (Å²) in [5.41, 5.74) is 1.24. The largest absolute Gasteiger partial charge is 0.468 e. The van der Waals surface area contributed by atoms with Crippen LogP contribution in [0.5, 0.6) is 11.5 Å². The zero-order valence-corrected chi connectivity index (χ0v) is 19.4. The van der Waals surface area contributed by atoms with Gasteiger partial charge in [0, 0.05) is 26.1 Å². The number of carbonyl (C=O) groups excluding carboxylic acids is 1. The van der Waals surface area contributed by atoms with Crippen LogP contribution in [-0.2, 0) is 24.4 Å². The monoisotopic (exact) mass is 430 g/mol. The Morgan fingerprint density at radius 1 is 0.742 bits per heavy atom. The molecule has 0 N–H and O–H groups in total. The molecule has 31 heavy (non-hydrogen) atoms. The molecule has 0 amide bonds. The maximum Gasteiger partial charge on any atom is 0.306 e. The molecule has 170 valence electrons. The first-order valence-corrected chi connectivity index (χ1v) is 10.3. The number of hydrogen-bond acceptors (Lipinski definition) is 6. The van der Waals surface area contributed by atoms with Gasteiger partial charge in [-0.25, -0.2) is 0 Å². The molecule has 0 atom stereocenters. The molecule has 6 heteroatoms. The van der Waals surface area contributed by atoms with Crippen molar-refractivity contribution < 1.29 is 28.5 Å². The second kappa shape index (κ2) is 11.2. The van der Waals surface area contributed by atoms with Gasteiger partial charge in [-0.05, 0) is 62.6 Å². The van der Waals surface area contributed by atoms with Crippen LogP contribution in [-0.4, -0.2) is 39.4 Å². The van der Waals surface area contributed by atoms with Crippen molar-refractivity contribution >= 4 is 5.97 Å². The lowest BCUT2D eigenvalue weighted by Gasteiger charge is -2.32. The third-order valence-corrected chi connectivity index (χ3v) is 4.92. The first kappa shape index (κ1) is 24.7. The second-order valence-electron chi connectivity index (χ2n) is 8.57. The summed E-state index contributed by atoms with van der Waals surface area (Å²) in [6.45, 7) is 8.15. The number of ether oxygens (including phenoxy) is 5. The van der Waals surface area contributed by atoms with Crippen LogP contribution >= 0.6 is 0 Å². The Morgan fingerprint density at radius 3 is 1.52 bits per heavy atom.